The van der Waals surface area contributed by atoms with Crippen molar-refractivity contribution in [2.45, 2.75) is 6.04 Å². The molecule has 9 heteroatoms. The summed E-state index contributed by atoms with van der Waals surface area (Å²) in [4.78, 5) is 22.2. The number of carboxylic acids is 1. The first-order valence-corrected chi connectivity index (χ1v) is 7.37. The fourth-order valence-corrected chi connectivity index (χ4v) is 3.83. The van der Waals surface area contributed by atoms with E-state index in [1.54, 1.807) is 18.2 Å². The van der Waals surface area contributed by atoms with Gasteiger partial charge in [-0.3, -0.25) is 4.99 Å². The lowest BCUT2D eigenvalue weighted by Gasteiger charge is -1.93. The zero-order valence-electron chi connectivity index (χ0n) is 9.92. The van der Waals surface area contributed by atoms with Gasteiger partial charge >= 0.3 is 5.97 Å². The van der Waals surface area contributed by atoms with Gasteiger partial charge in [-0.1, -0.05) is 11.2 Å². The van der Waals surface area contributed by atoms with Crippen LogP contribution in [0, 0.1) is 0 Å². The number of aliphatic imine (C=N–C) groups is 1. The minimum absolute atomic E-state index is 0.435. The van der Waals surface area contributed by atoms with Crippen LogP contribution in [0.4, 0.5) is 5.69 Å². The van der Waals surface area contributed by atoms with Crippen LogP contribution in [0.25, 0.3) is 20.7 Å². The molecule has 0 aliphatic carbocycles. The van der Waals surface area contributed by atoms with Crippen LogP contribution in [-0.2, 0) is 4.79 Å². The van der Waals surface area contributed by atoms with E-state index in [-0.39, 0.29) is 0 Å². The zero-order valence-corrected chi connectivity index (χ0v) is 11.6. The first-order chi connectivity index (χ1) is 9.67. The molecule has 100 valence electrons. The number of hydrogen-bond donors (Lipinski definition) is 1. The number of hydrogen-bond acceptors (Lipinski definition) is 6. The van der Waals surface area contributed by atoms with Gasteiger partial charge in [-0.2, -0.15) is 0 Å². The molecule has 0 amide bonds. The highest BCUT2D eigenvalue weighted by Gasteiger charge is 2.26. The van der Waals surface area contributed by atoms with Gasteiger partial charge in [-0.05, 0) is 17.7 Å². The average Bonchev–Trinajstić information content (AvgIpc) is 3.05. The molecule has 2 aromatic rings. The molecule has 0 bridgehead atoms. The average molecular weight is 305 g/mol. The van der Waals surface area contributed by atoms with Gasteiger partial charge in [0.05, 0.1) is 10.2 Å². The third kappa shape index (κ3) is 2.34. The van der Waals surface area contributed by atoms with E-state index in [9.17, 15) is 4.79 Å². The van der Waals surface area contributed by atoms with Crippen molar-refractivity contribution < 1.29 is 9.90 Å². The van der Waals surface area contributed by atoms with E-state index in [1.165, 1.54) is 23.1 Å². The van der Waals surface area contributed by atoms with Crippen molar-refractivity contribution in [2.24, 2.45) is 10.1 Å². The molecule has 1 aliphatic rings. The van der Waals surface area contributed by atoms with Crippen molar-refractivity contribution in [1.82, 2.24) is 4.98 Å². The summed E-state index contributed by atoms with van der Waals surface area (Å²) in [6, 6.07) is 4.52. The van der Waals surface area contributed by atoms with E-state index in [1.807, 2.05) is 0 Å². The predicted molar refractivity (Wildman–Crippen MR) is 78.8 cm³/mol. The highest BCUT2D eigenvalue weighted by molar-refractivity contribution is 8.15. The Balaban J connectivity index is 1.99. The van der Waals surface area contributed by atoms with Gasteiger partial charge in [0.2, 0.25) is 0 Å². The lowest BCUT2D eigenvalue weighted by atomic mass is 10.3. The molecule has 0 spiro atoms. The fourth-order valence-electron chi connectivity index (χ4n) is 1.74. The van der Waals surface area contributed by atoms with Crippen LogP contribution in [0.5, 0.6) is 0 Å². The number of thioether (sulfide) groups is 1. The minimum Gasteiger partial charge on any atom is -0.480 e. The molecule has 0 fully saturated rings. The van der Waals surface area contributed by atoms with Crippen LogP contribution in [0.15, 0.2) is 28.3 Å². The molecule has 1 atom stereocenters. The number of benzene rings is 1. The van der Waals surface area contributed by atoms with Crippen molar-refractivity contribution in [3.05, 3.63) is 33.6 Å². The van der Waals surface area contributed by atoms with Crippen molar-refractivity contribution in [3.8, 4) is 0 Å². The van der Waals surface area contributed by atoms with Crippen molar-refractivity contribution in [1.29, 1.82) is 0 Å². The number of carbonyl (C=O) groups is 1. The third-order valence-electron chi connectivity index (χ3n) is 2.65. The quantitative estimate of drug-likeness (QED) is 0.533. The van der Waals surface area contributed by atoms with Crippen molar-refractivity contribution in [2.75, 3.05) is 5.75 Å². The van der Waals surface area contributed by atoms with Crippen molar-refractivity contribution >= 4 is 50.0 Å². The molecule has 7 nitrogen and oxygen atoms in total. The second-order valence-corrected chi connectivity index (χ2v) is 6.00. The fraction of sp³-hybridized carbons (Fsp3) is 0.182. The second-order valence-electron chi connectivity index (χ2n) is 3.96. The molecule has 0 saturated heterocycles. The predicted octanol–water partition coefficient (Wildman–Crippen LogP) is 3.18. The Morgan fingerprint density at radius 1 is 1.55 bits per heavy atom. The van der Waals surface area contributed by atoms with E-state index in [0.717, 1.165) is 10.2 Å². The van der Waals surface area contributed by atoms with E-state index >= 15 is 0 Å². The van der Waals surface area contributed by atoms with Crippen LogP contribution >= 0.6 is 23.1 Å². The Hall–Kier alpha value is -2.09. The van der Waals surface area contributed by atoms with E-state index in [4.69, 9.17) is 10.6 Å². The SMILES string of the molecule is [N-]=[N+]=Nc1ccc2nc(C3=NC(C(=O)O)CS3)sc2c1. The minimum atomic E-state index is -0.917. The van der Waals surface area contributed by atoms with Crippen LogP contribution < -0.4 is 0 Å². The van der Waals surface area contributed by atoms with E-state index < -0.39 is 12.0 Å². The van der Waals surface area contributed by atoms with Gasteiger partial charge in [0, 0.05) is 16.4 Å². The lowest BCUT2D eigenvalue weighted by Crippen LogP contribution is -2.17. The molecule has 1 aromatic carbocycles. The van der Waals surface area contributed by atoms with Crippen LogP contribution in [0.3, 0.4) is 0 Å². The molecule has 20 heavy (non-hydrogen) atoms. The summed E-state index contributed by atoms with van der Waals surface area (Å²) < 4.78 is 0.881. The molecule has 1 aliphatic heterocycles. The summed E-state index contributed by atoms with van der Waals surface area (Å²) in [7, 11) is 0. The number of rotatable bonds is 3. The van der Waals surface area contributed by atoms with Gasteiger partial charge in [0.15, 0.2) is 6.04 Å². The lowest BCUT2D eigenvalue weighted by molar-refractivity contribution is -0.137. The highest BCUT2D eigenvalue weighted by Crippen LogP contribution is 2.31. The van der Waals surface area contributed by atoms with Crippen molar-refractivity contribution in [3.63, 3.8) is 0 Å². The molecule has 1 N–H and O–H groups in total. The first kappa shape index (κ1) is 12.9. The van der Waals surface area contributed by atoms with Gasteiger partial charge in [0.1, 0.15) is 10.1 Å². The maximum atomic E-state index is 10.9. The Bertz CT molecular complexity index is 778. The summed E-state index contributed by atoms with van der Waals surface area (Å²) in [5.41, 5.74) is 9.73. The smallest absolute Gasteiger partial charge is 0.329 e. The summed E-state index contributed by atoms with van der Waals surface area (Å²) >= 11 is 2.81. The Morgan fingerprint density at radius 2 is 2.40 bits per heavy atom. The standard InChI is InChI=1S/C11H7N5O2S2/c12-16-15-5-1-2-6-8(3-5)20-10(13-6)9-14-7(4-19-9)11(17)18/h1-3,7H,4H2,(H,17,18). The van der Waals surface area contributed by atoms with E-state index in [0.29, 0.717) is 21.5 Å². The van der Waals surface area contributed by atoms with Gasteiger partial charge in [-0.15, -0.1) is 23.1 Å². The molecule has 1 aromatic heterocycles. The molecule has 3 rings (SSSR count). The molecular formula is C11H7N5O2S2. The topological polar surface area (TPSA) is 111 Å². The second kappa shape index (κ2) is 5.12. The Morgan fingerprint density at radius 3 is 3.10 bits per heavy atom. The van der Waals surface area contributed by atoms with Crippen LogP contribution in [-0.4, -0.2) is 32.9 Å². The monoisotopic (exact) mass is 305 g/mol. The number of carboxylic acid groups (broad SMARTS) is 1. The summed E-state index contributed by atoms with van der Waals surface area (Å²) in [5.74, 6) is -0.482. The zero-order chi connectivity index (χ0) is 14.1. The first-order valence-electron chi connectivity index (χ1n) is 5.57. The largest absolute Gasteiger partial charge is 0.480 e. The number of fused-ring (bicyclic) bond motifs is 1. The number of thiazole rings is 1. The van der Waals surface area contributed by atoms with Crippen LogP contribution in [0.2, 0.25) is 0 Å². The number of aliphatic carboxylic acids is 1. The molecule has 0 radical (unpaired) electrons. The van der Waals surface area contributed by atoms with Gasteiger partial charge in [0.25, 0.3) is 0 Å². The maximum Gasteiger partial charge on any atom is 0.329 e. The molecule has 1 unspecified atom stereocenters. The van der Waals surface area contributed by atoms with E-state index in [2.05, 4.69) is 20.0 Å². The normalized spacial score (nSPS) is 17.8. The van der Waals surface area contributed by atoms with Crippen LogP contribution in [0.1, 0.15) is 5.01 Å². The Kier molecular flexibility index (Phi) is 3.31. The Labute approximate surface area is 121 Å². The third-order valence-corrected chi connectivity index (χ3v) is 4.86. The molecule has 2 heterocycles. The number of nitrogens with zero attached hydrogens (tertiary/aromatic N) is 5. The number of azide groups is 1. The highest BCUT2D eigenvalue weighted by atomic mass is 32.2. The maximum absolute atomic E-state index is 10.9. The summed E-state index contributed by atoms with van der Waals surface area (Å²) in [5, 5.41) is 13.8. The molecular weight excluding hydrogens is 298 g/mol. The summed E-state index contributed by atoms with van der Waals surface area (Å²) in [6.45, 7) is 0. The number of aromatic nitrogens is 1. The molecule has 0 saturated carbocycles. The van der Waals surface area contributed by atoms with Gasteiger partial charge in [-0.25, -0.2) is 9.78 Å². The van der Waals surface area contributed by atoms with Gasteiger partial charge < -0.3 is 5.11 Å². The summed E-state index contributed by atoms with van der Waals surface area (Å²) in [6.07, 6.45) is 0.